The van der Waals surface area contributed by atoms with E-state index >= 15 is 0 Å². The molecule has 2 N–H and O–H groups in total. The fourth-order valence-electron chi connectivity index (χ4n) is 4.26. The highest BCUT2D eigenvalue weighted by atomic mass is 19.4. The fourth-order valence-corrected chi connectivity index (χ4v) is 4.26. The predicted octanol–water partition coefficient (Wildman–Crippen LogP) is 0.885. The summed E-state index contributed by atoms with van der Waals surface area (Å²) in [6.45, 7) is 2.78. The molecule has 8 nitrogen and oxygen atoms in total. The number of nitrogens with zero attached hydrogens (tertiary/aromatic N) is 5. The van der Waals surface area contributed by atoms with E-state index in [1.54, 1.807) is 9.80 Å². The molecule has 11 heteroatoms. The number of nitrogens with one attached hydrogen (secondary N) is 1. The molecule has 3 saturated heterocycles. The fraction of sp³-hybridized carbons (Fsp3) is 0.812. The third-order valence-electron chi connectivity index (χ3n) is 5.75. The minimum Gasteiger partial charge on any atom is -0.379 e. The summed E-state index contributed by atoms with van der Waals surface area (Å²) in [5.41, 5.74) is -0.128. The van der Waals surface area contributed by atoms with Gasteiger partial charge in [0.05, 0.1) is 5.54 Å². The van der Waals surface area contributed by atoms with Gasteiger partial charge in [-0.3, -0.25) is 10.00 Å². The van der Waals surface area contributed by atoms with Crippen molar-refractivity contribution in [3.05, 3.63) is 12.2 Å². The number of halogens is 3. The summed E-state index contributed by atoms with van der Waals surface area (Å²) < 4.78 is 38.9. The van der Waals surface area contributed by atoms with Crippen LogP contribution in [0.2, 0.25) is 0 Å². The molecule has 0 aliphatic carbocycles. The number of aromatic nitrogens is 3. The molecule has 4 heterocycles. The maximum atomic E-state index is 12.6. The van der Waals surface area contributed by atoms with Crippen LogP contribution in [0.25, 0.3) is 0 Å². The van der Waals surface area contributed by atoms with Crippen LogP contribution in [0.5, 0.6) is 0 Å². The largest absolute Gasteiger partial charge is 0.453 e. The first-order chi connectivity index (χ1) is 12.7. The van der Waals surface area contributed by atoms with Gasteiger partial charge >= 0.3 is 12.2 Å². The summed E-state index contributed by atoms with van der Waals surface area (Å²) in [6, 6.07) is 0.00220. The topological polar surface area (TPSA) is 86.5 Å². The number of carbonyl (C=O) groups is 1. The van der Waals surface area contributed by atoms with Crippen molar-refractivity contribution >= 4 is 6.03 Å². The van der Waals surface area contributed by atoms with E-state index in [2.05, 4.69) is 15.4 Å². The molecule has 1 spiro atoms. The van der Waals surface area contributed by atoms with E-state index in [-0.39, 0.29) is 17.5 Å². The first-order valence-electron chi connectivity index (χ1n) is 9.20. The van der Waals surface area contributed by atoms with E-state index in [9.17, 15) is 23.1 Å². The lowest BCUT2D eigenvalue weighted by atomic mass is 9.88. The average molecular weight is 388 g/mol. The Balaban J connectivity index is 1.23. The summed E-state index contributed by atoms with van der Waals surface area (Å²) in [6.07, 6.45) is -0.856. The third kappa shape index (κ3) is 3.75. The smallest absolute Gasteiger partial charge is 0.379 e. The van der Waals surface area contributed by atoms with Crippen molar-refractivity contribution in [3.8, 4) is 0 Å². The monoisotopic (exact) mass is 388 g/mol. The zero-order valence-corrected chi connectivity index (χ0v) is 14.8. The average Bonchev–Trinajstić information content (AvgIpc) is 3.20. The van der Waals surface area contributed by atoms with E-state index in [0.29, 0.717) is 39.1 Å². The van der Waals surface area contributed by atoms with Gasteiger partial charge in [0.25, 0.3) is 5.82 Å². The molecule has 0 radical (unpaired) electrons. The number of carbonyl (C=O) groups excluding carboxylic acids is 1. The van der Waals surface area contributed by atoms with Gasteiger partial charge in [-0.25, -0.2) is 9.78 Å². The number of aliphatic hydroxyl groups is 1. The molecule has 1 aromatic heterocycles. The molecule has 150 valence electrons. The summed E-state index contributed by atoms with van der Waals surface area (Å²) >= 11 is 0. The Morgan fingerprint density at radius 1 is 1.26 bits per heavy atom. The van der Waals surface area contributed by atoms with E-state index < -0.39 is 18.2 Å². The van der Waals surface area contributed by atoms with Crippen molar-refractivity contribution in [2.24, 2.45) is 5.92 Å². The van der Waals surface area contributed by atoms with Crippen molar-refractivity contribution in [1.29, 1.82) is 0 Å². The molecule has 1 atom stereocenters. The highest BCUT2D eigenvalue weighted by Gasteiger charge is 2.50. The number of rotatable bonds is 2. The molecule has 3 aliphatic rings. The van der Waals surface area contributed by atoms with Gasteiger partial charge in [-0.05, 0) is 31.6 Å². The number of hydrogen-bond acceptors (Lipinski definition) is 5. The SMILES string of the molecule is O=C(N1CCC(Cn2cnc(C(F)(F)F)n2)CC1)N1CC2(CCC(O)N2)C1. The third-order valence-corrected chi connectivity index (χ3v) is 5.75. The minimum absolute atomic E-state index is 0.00220. The Morgan fingerprint density at radius 2 is 1.96 bits per heavy atom. The van der Waals surface area contributed by atoms with Crippen LogP contribution >= 0.6 is 0 Å². The van der Waals surface area contributed by atoms with E-state index in [4.69, 9.17) is 0 Å². The maximum Gasteiger partial charge on any atom is 0.453 e. The van der Waals surface area contributed by atoms with Gasteiger partial charge in [0.2, 0.25) is 0 Å². The standard InChI is InChI=1S/C16H23F3N6O2/c17-16(18,19)13-20-10-25(22-13)7-11-2-5-23(6-3-11)14(27)24-8-15(9-24)4-1-12(26)21-15/h10-12,21,26H,1-9H2. The summed E-state index contributed by atoms with van der Waals surface area (Å²) in [5.74, 6) is -0.946. The Morgan fingerprint density at radius 3 is 2.52 bits per heavy atom. The summed E-state index contributed by atoms with van der Waals surface area (Å²) in [5, 5.41) is 16.2. The van der Waals surface area contributed by atoms with Crippen molar-refractivity contribution in [2.45, 2.75) is 50.2 Å². The normalized spacial score (nSPS) is 25.9. The number of alkyl halides is 3. The lowest BCUT2D eigenvalue weighted by Crippen LogP contribution is -2.70. The number of hydrogen-bond donors (Lipinski definition) is 2. The van der Waals surface area contributed by atoms with Crippen LogP contribution in [-0.2, 0) is 12.7 Å². The quantitative estimate of drug-likeness (QED) is 0.786. The number of likely N-dealkylation sites (tertiary alicyclic amines) is 2. The molecular formula is C16H23F3N6O2. The molecule has 0 saturated carbocycles. The lowest BCUT2D eigenvalue weighted by Gasteiger charge is -2.50. The van der Waals surface area contributed by atoms with Gasteiger partial charge in [-0.2, -0.15) is 13.2 Å². The molecule has 0 bridgehead atoms. The van der Waals surface area contributed by atoms with Crippen LogP contribution in [0.1, 0.15) is 31.5 Å². The van der Waals surface area contributed by atoms with E-state index in [0.717, 1.165) is 25.6 Å². The molecule has 1 unspecified atom stereocenters. The van der Waals surface area contributed by atoms with Crippen LogP contribution < -0.4 is 5.32 Å². The second kappa shape index (κ2) is 6.62. The van der Waals surface area contributed by atoms with Crippen LogP contribution in [-0.4, -0.2) is 73.6 Å². The zero-order chi connectivity index (χ0) is 19.2. The second-order valence-electron chi connectivity index (χ2n) is 7.84. The summed E-state index contributed by atoms with van der Waals surface area (Å²) in [4.78, 5) is 19.5. The van der Waals surface area contributed by atoms with Crippen molar-refractivity contribution in [3.63, 3.8) is 0 Å². The van der Waals surface area contributed by atoms with Crippen LogP contribution in [0.3, 0.4) is 0 Å². The van der Waals surface area contributed by atoms with Crippen LogP contribution in [0.15, 0.2) is 6.33 Å². The minimum atomic E-state index is -4.53. The number of amides is 2. The molecule has 2 amide bonds. The molecule has 27 heavy (non-hydrogen) atoms. The highest BCUT2D eigenvalue weighted by molar-refractivity contribution is 5.76. The Kier molecular flexibility index (Phi) is 4.53. The zero-order valence-electron chi connectivity index (χ0n) is 14.8. The van der Waals surface area contributed by atoms with Gasteiger partial charge in [-0.1, -0.05) is 0 Å². The van der Waals surface area contributed by atoms with Crippen molar-refractivity contribution in [2.75, 3.05) is 26.2 Å². The Labute approximate surface area is 154 Å². The van der Waals surface area contributed by atoms with E-state index in [1.807, 2.05) is 0 Å². The van der Waals surface area contributed by atoms with Crippen LogP contribution in [0, 0.1) is 5.92 Å². The molecular weight excluding hydrogens is 365 g/mol. The Hall–Kier alpha value is -1.88. The van der Waals surface area contributed by atoms with Gasteiger partial charge in [0, 0.05) is 32.7 Å². The highest BCUT2D eigenvalue weighted by Crippen LogP contribution is 2.33. The lowest BCUT2D eigenvalue weighted by molar-refractivity contribution is -0.145. The van der Waals surface area contributed by atoms with Gasteiger partial charge in [-0.15, -0.1) is 5.10 Å². The van der Waals surface area contributed by atoms with Crippen molar-refractivity contribution in [1.82, 2.24) is 29.9 Å². The molecule has 4 rings (SSSR count). The van der Waals surface area contributed by atoms with Gasteiger partial charge < -0.3 is 14.9 Å². The first-order valence-corrected chi connectivity index (χ1v) is 9.20. The van der Waals surface area contributed by atoms with Crippen molar-refractivity contribution < 1.29 is 23.1 Å². The predicted molar refractivity (Wildman–Crippen MR) is 87.4 cm³/mol. The molecule has 3 fully saturated rings. The first kappa shape index (κ1) is 18.5. The van der Waals surface area contributed by atoms with Crippen LogP contribution in [0.4, 0.5) is 18.0 Å². The molecule has 0 aromatic carbocycles. The number of urea groups is 1. The van der Waals surface area contributed by atoms with Gasteiger partial charge in [0.1, 0.15) is 12.6 Å². The maximum absolute atomic E-state index is 12.6. The second-order valence-corrected chi connectivity index (χ2v) is 7.84. The summed E-state index contributed by atoms with van der Waals surface area (Å²) in [7, 11) is 0. The number of piperidine rings is 1. The van der Waals surface area contributed by atoms with E-state index in [1.165, 1.54) is 4.68 Å². The number of aliphatic hydroxyl groups excluding tert-OH is 1. The Bertz CT molecular complexity index is 695. The molecule has 1 aromatic rings. The molecule has 3 aliphatic heterocycles. The van der Waals surface area contributed by atoms with Gasteiger partial charge in [0.15, 0.2) is 0 Å².